The molecule has 1 aromatic heterocycles. The fourth-order valence-electron chi connectivity index (χ4n) is 2.61. The molecule has 1 saturated heterocycles. The fourth-order valence-corrected chi connectivity index (χ4v) is 3.81. The van der Waals surface area contributed by atoms with E-state index in [1.807, 2.05) is 24.8 Å². The number of rotatable bonds is 3. The van der Waals surface area contributed by atoms with Crippen LogP contribution in [-0.4, -0.2) is 27.0 Å². The van der Waals surface area contributed by atoms with Gasteiger partial charge in [-0.25, -0.2) is 4.79 Å². The number of thioether (sulfide) groups is 1. The highest BCUT2D eigenvalue weighted by molar-refractivity contribution is 7.99. The summed E-state index contributed by atoms with van der Waals surface area (Å²) in [7, 11) is 0. The molecular weight excluding hydrogens is 288 g/mol. The van der Waals surface area contributed by atoms with E-state index in [1.54, 1.807) is 13.0 Å². The maximum Gasteiger partial charge on any atom is 0.336 e. The van der Waals surface area contributed by atoms with Crippen molar-refractivity contribution < 1.29 is 14.4 Å². The van der Waals surface area contributed by atoms with E-state index in [9.17, 15) is 9.90 Å². The number of aromatic nitrogens is 2. The number of aromatic carboxylic acids is 1. The zero-order valence-electron chi connectivity index (χ0n) is 11.9. The average molecular weight is 304 g/mol. The number of aryl methyl sites for hydroxylation is 2. The summed E-state index contributed by atoms with van der Waals surface area (Å²) in [5.41, 5.74) is 2.29. The number of carbonyl (C=O) groups is 1. The van der Waals surface area contributed by atoms with Crippen LogP contribution in [0.4, 0.5) is 0 Å². The second-order valence-corrected chi connectivity index (χ2v) is 6.52. The molecule has 0 radical (unpaired) electrons. The van der Waals surface area contributed by atoms with Gasteiger partial charge in [-0.2, -0.15) is 16.7 Å². The first-order valence-electron chi connectivity index (χ1n) is 6.87. The van der Waals surface area contributed by atoms with E-state index in [-0.39, 0.29) is 10.8 Å². The standard InChI is InChI=1S/C15H16N2O3S/c1-8-5-6-9(2)12(15(18)19)11(8)14-16-13(17-20-14)10-4-3-7-21-10/h5-6,10H,3-4,7H2,1-2H3,(H,18,19). The molecule has 0 bridgehead atoms. The van der Waals surface area contributed by atoms with Gasteiger partial charge in [-0.3, -0.25) is 0 Å². The van der Waals surface area contributed by atoms with Crippen LogP contribution in [0.3, 0.4) is 0 Å². The van der Waals surface area contributed by atoms with Crippen molar-refractivity contribution in [1.29, 1.82) is 0 Å². The van der Waals surface area contributed by atoms with Crippen LogP contribution in [0.2, 0.25) is 0 Å². The second-order valence-electron chi connectivity index (χ2n) is 5.21. The predicted molar refractivity (Wildman–Crippen MR) is 80.6 cm³/mol. The molecule has 21 heavy (non-hydrogen) atoms. The first kappa shape index (κ1) is 14.1. The van der Waals surface area contributed by atoms with Crippen molar-refractivity contribution in [1.82, 2.24) is 10.1 Å². The summed E-state index contributed by atoms with van der Waals surface area (Å²) >= 11 is 1.82. The molecule has 1 unspecified atom stereocenters. The van der Waals surface area contributed by atoms with Gasteiger partial charge in [0.15, 0.2) is 5.82 Å². The van der Waals surface area contributed by atoms with Gasteiger partial charge in [0.2, 0.25) is 0 Å². The zero-order valence-corrected chi connectivity index (χ0v) is 12.7. The number of hydrogen-bond acceptors (Lipinski definition) is 5. The SMILES string of the molecule is Cc1ccc(C)c(-c2nc(C3CCCS3)no2)c1C(=O)O. The van der Waals surface area contributed by atoms with Crippen molar-refractivity contribution in [3.63, 3.8) is 0 Å². The summed E-state index contributed by atoms with van der Waals surface area (Å²) in [5.74, 6) is 1.11. The van der Waals surface area contributed by atoms with E-state index in [2.05, 4.69) is 10.1 Å². The molecule has 2 aromatic rings. The van der Waals surface area contributed by atoms with Gasteiger partial charge in [0.1, 0.15) is 0 Å². The molecule has 0 saturated carbocycles. The first-order chi connectivity index (χ1) is 10.1. The number of nitrogens with zero attached hydrogens (tertiary/aromatic N) is 2. The van der Waals surface area contributed by atoms with Gasteiger partial charge in [0.05, 0.1) is 16.4 Å². The Morgan fingerprint density at radius 2 is 2.14 bits per heavy atom. The minimum atomic E-state index is -0.971. The Morgan fingerprint density at radius 3 is 2.81 bits per heavy atom. The molecule has 5 nitrogen and oxygen atoms in total. The average Bonchev–Trinajstić information content (AvgIpc) is 3.10. The second kappa shape index (κ2) is 5.52. The van der Waals surface area contributed by atoms with Gasteiger partial charge in [-0.15, -0.1) is 0 Å². The van der Waals surface area contributed by atoms with Gasteiger partial charge in [0, 0.05) is 0 Å². The third-order valence-electron chi connectivity index (χ3n) is 3.71. The van der Waals surface area contributed by atoms with Crippen LogP contribution in [0.15, 0.2) is 16.7 Å². The lowest BCUT2D eigenvalue weighted by molar-refractivity contribution is 0.0696. The molecule has 1 fully saturated rings. The Labute approximate surface area is 126 Å². The van der Waals surface area contributed by atoms with Crippen LogP contribution in [0.25, 0.3) is 11.5 Å². The lowest BCUT2D eigenvalue weighted by Crippen LogP contribution is -2.04. The molecule has 0 aliphatic carbocycles. The molecule has 0 spiro atoms. The molecule has 2 heterocycles. The summed E-state index contributed by atoms with van der Waals surface area (Å²) in [5, 5.41) is 13.8. The number of hydrogen-bond donors (Lipinski definition) is 1. The molecule has 1 N–H and O–H groups in total. The van der Waals surface area contributed by atoms with Crippen molar-refractivity contribution in [3.8, 4) is 11.5 Å². The Balaban J connectivity index is 2.08. The van der Waals surface area contributed by atoms with Gasteiger partial charge in [-0.1, -0.05) is 17.3 Å². The summed E-state index contributed by atoms with van der Waals surface area (Å²) < 4.78 is 5.35. The van der Waals surface area contributed by atoms with Crippen molar-refractivity contribution in [2.75, 3.05) is 5.75 Å². The van der Waals surface area contributed by atoms with Crippen LogP contribution in [0, 0.1) is 13.8 Å². The Morgan fingerprint density at radius 1 is 1.38 bits per heavy atom. The maximum atomic E-state index is 11.5. The molecule has 3 rings (SSSR count). The molecule has 110 valence electrons. The van der Waals surface area contributed by atoms with Crippen LogP contribution < -0.4 is 0 Å². The lowest BCUT2D eigenvalue weighted by Gasteiger charge is -2.08. The quantitative estimate of drug-likeness (QED) is 0.933. The molecule has 0 amide bonds. The minimum absolute atomic E-state index is 0.240. The van der Waals surface area contributed by atoms with Crippen molar-refractivity contribution in [2.24, 2.45) is 0 Å². The monoisotopic (exact) mass is 304 g/mol. The van der Waals surface area contributed by atoms with Gasteiger partial charge >= 0.3 is 5.97 Å². The van der Waals surface area contributed by atoms with E-state index in [4.69, 9.17) is 4.52 Å². The third-order valence-corrected chi connectivity index (χ3v) is 5.08. The Hall–Kier alpha value is -1.82. The maximum absolute atomic E-state index is 11.5. The third kappa shape index (κ3) is 2.55. The summed E-state index contributed by atoms with van der Waals surface area (Å²) in [4.78, 5) is 16.0. The molecule has 1 aliphatic rings. The van der Waals surface area contributed by atoms with Crippen LogP contribution in [0.1, 0.15) is 45.4 Å². The van der Waals surface area contributed by atoms with E-state index in [1.165, 1.54) is 0 Å². The van der Waals surface area contributed by atoms with Crippen LogP contribution in [0.5, 0.6) is 0 Å². The Bertz CT molecular complexity index is 690. The van der Waals surface area contributed by atoms with E-state index in [0.29, 0.717) is 22.8 Å². The Kier molecular flexibility index (Phi) is 3.71. The zero-order chi connectivity index (χ0) is 15.0. The summed E-state index contributed by atoms with van der Waals surface area (Å²) in [6, 6.07) is 3.68. The van der Waals surface area contributed by atoms with E-state index in [0.717, 1.165) is 24.2 Å². The predicted octanol–water partition coefficient (Wildman–Crippen LogP) is 3.62. The summed E-state index contributed by atoms with van der Waals surface area (Å²) in [6.45, 7) is 3.63. The largest absolute Gasteiger partial charge is 0.478 e. The highest BCUT2D eigenvalue weighted by Crippen LogP contribution is 2.39. The topological polar surface area (TPSA) is 76.2 Å². The van der Waals surface area contributed by atoms with Crippen LogP contribution >= 0.6 is 11.8 Å². The van der Waals surface area contributed by atoms with E-state index >= 15 is 0 Å². The van der Waals surface area contributed by atoms with Crippen molar-refractivity contribution in [3.05, 3.63) is 34.6 Å². The highest BCUT2D eigenvalue weighted by atomic mass is 32.2. The van der Waals surface area contributed by atoms with Crippen molar-refractivity contribution >= 4 is 17.7 Å². The molecule has 1 aromatic carbocycles. The molecular formula is C15H16N2O3S. The lowest BCUT2D eigenvalue weighted by atomic mass is 9.97. The number of carboxylic acid groups (broad SMARTS) is 1. The molecule has 1 aliphatic heterocycles. The highest BCUT2D eigenvalue weighted by Gasteiger charge is 2.26. The van der Waals surface area contributed by atoms with E-state index < -0.39 is 5.97 Å². The van der Waals surface area contributed by atoms with Gasteiger partial charge in [-0.05, 0) is 43.6 Å². The van der Waals surface area contributed by atoms with Gasteiger partial charge < -0.3 is 9.63 Å². The molecule has 1 atom stereocenters. The van der Waals surface area contributed by atoms with Gasteiger partial charge in [0.25, 0.3) is 5.89 Å². The normalized spacial score (nSPS) is 18.1. The summed E-state index contributed by atoms with van der Waals surface area (Å²) in [6.07, 6.45) is 2.20. The smallest absolute Gasteiger partial charge is 0.336 e. The fraction of sp³-hybridized carbons (Fsp3) is 0.400. The number of benzene rings is 1. The first-order valence-corrected chi connectivity index (χ1v) is 7.92. The molecule has 6 heteroatoms. The number of carboxylic acids is 1. The minimum Gasteiger partial charge on any atom is -0.478 e. The van der Waals surface area contributed by atoms with Crippen LogP contribution in [-0.2, 0) is 0 Å². The van der Waals surface area contributed by atoms with Crippen molar-refractivity contribution in [2.45, 2.75) is 31.9 Å².